The van der Waals surface area contributed by atoms with Crippen molar-refractivity contribution >= 4 is 11.8 Å². The number of amides is 2. The zero-order valence-corrected chi connectivity index (χ0v) is 22.4. The average molecular weight is 469 g/mol. The van der Waals surface area contributed by atoms with Crippen molar-refractivity contribution in [3.05, 3.63) is 29.3 Å². The molecular weight excluding hydrogens is 424 g/mol. The van der Waals surface area contributed by atoms with Crippen LogP contribution in [-0.4, -0.2) is 54.4 Å². The van der Waals surface area contributed by atoms with E-state index in [-0.39, 0.29) is 22.8 Å². The molecule has 2 aliphatic carbocycles. The molecule has 1 spiro atoms. The van der Waals surface area contributed by atoms with Gasteiger partial charge in [-0.25, -0.2) is 0 Å². The van der Waals surface area contributed by atoms with Crippen molar-refractivity contribution in [2.45, 2.75) is 96.4 Å². The lowest BCUT2D eigenvalue weighted by Crippen LogP contribution is -2.60. The summed E-state index contributed by atoms with van der Waals surface area (Å²) in [5, 5.41) is 0. The second-order valence-electron chi connectivity index (χ2n) is 12.5. The van der Waals surface area contributed by atoms with Crippen molar-refractivity contribution < 1.29 is 14.3 Å². The minimum Gasteiger partial charge on any atom is -0.496 e. The molecule has 3 aliphatic rings. The van der Waals surface area contributed by atoms with E-state index in [1.165, 1.54) is 24.0 Å². The average Bonchev–Trinajstić information content (AvgIpc) is 2.78. The standard InChI is InChI=1S/C29H44N2O3/c1-8-25(32)30(6)28(5)16-21(17-28)26(33)31-13-11-29(12-14-31)18-20(19-29)23-15-22(27(2,3)4)9-10-24(23)34-7/h9-10,15,20-21H,8,11-14,16-19H2,1-7H3. The van der Waals surface area contributed by atoms with Crippen molar-refractivity contribution in [1.29, 1.82) is 0 Å². The first-order valence-electron chi connectivity index (χ1n) is 13.2. The lowest BCUT2D eigenvalue weighted by atomic mass is 9.55. The molecule has 188 valence electrons. The number of benzene rings is 1. The Balaban J connectivity index is 1.31. The van der Waals surface area contributed by atoms with Crippen molar-refractivity contribution in [1.82, 2.24) is 9.80 Å². The highest BCUT2D eigenvalue weighted by Crippen LogP contribution is 2.58. The van der Waals surface area contributed by atoms with Crippen LogP contribution in [0.4, 0.5) is 0 Å². The summed E-state index contributed by atoms with van der Waals surface area (Å²) in [5.41, 5.74) is 3.07. The summed E-state index contributed by atoms with van der Waals surface area (Å²) >= 11 is 0. The first kappa shape index (κ1) is 25.1. The molecule has 1 aliphatic heterocycles. The van der Waals surface area contributed by atoms with Gasteiger partial charge in [-0.3, -0.25) is 9.59 Å². The maximum atomic E-state index is 13.2. The number of ether oxygens (including phenoxy) is 1. The van der Waals surface area contributed by atoms with Gasteiger partial charge >= 0.3 is 0 Å². The molecule has 4 rings (SSSR count). The molecule has 2 amide bonds. The Morgan fingerprint density at radius 2 is 1.74 bits per heavy atom. The summed E-state index contributed by atoms with van der Waals surface area (Å²) in [4.78, 5) is 29.2. The van der Waals surface area contributed by atoms with Crippen molar-refractivity contribution in [2.24, 2.45) is 11.3 Å². The Morgan fingerprint density at radius 1 is 1.12 bits per heavy atom. The van der Waals surface area contributed by atoms with Crippen molar-refractivity contribution in [3.63, 3.8) is 0 Å². The highest BCUT2D eigenvalue weighted by atomic mass is 16.5. The topological polar surface area (TPSA) is 49.9 Å². The van der Waals surface area contributed by atoms with E-state index in [4.69, 9.17) is 4.74 Å². The van der Waals surface area contributed by atoms with Gasteiger partial charge in [0.15, 0.2) is 0 Å². The molecule has 0 N–H and O–H groups in total. The minimum absolute atomic E-state index is 0.0738. The number of likely N-dealkylation sites (tertiary alicyclic amines) is 1. The molecule has 5 heteroatoms. The lowest BCUT2D eigenvalue weighted by molar-refractivity contribution is -0.154. The SMILES string of the molecule is CCC(=O)N(C)C1(C)CC(C(=O)N2CCC3(CC2)CC(c2cc(C(C)(C)C)ccc2OC)C3)C1. The van der Waals surface area contributed by atoms with Crippen molar-refractivity contribution in [3.8, 4) is 5.75 Å². The van der Waals surface area contributed by atoms with Gasteiger partial charge in [-0.05, 0) is 79.4 Å². The molecule has 1 heterocycles. The summed E-state index contributed by atoms with van der Waals surface area (Å²) in [6, 6.07) is 6.70. The van der Waals surface area contributed by atoms with E-state index in [0.717, 1.165) is 44.5 Å². The highest BCUT2D eigenvalue weighted by Gasteiger charge is 2.51. The van der Waals surface area contributed by atoms with Crippen LogP contribution in [0.2, 0.25) is 0 Å². The maximum absolute atomic E-state index is 13.2. The van der Waals surface area contributed by atoms with Gasteiger partial charge in [-0.15, -0.1) is 0 Å². The van der Waals surface area contributed by atoms with Crippen molar-refractivity contribution in [2.75, 3.05) is 27.2 Å². The fraction of sp³-hybridized carbons (Fsp3) is 0.724. The molecule has 34 heavy (non-hydrogen) atoms. The van der Waals surface area contributed by atoms with Crippen LogP contribution in [0.3, 0.4) is 0 Å². The highest BCUT2D eigenvalue weighted by molar-refractivity contribution is 5.82. The van der Waals surface area contributed by atoms with Crippen LogP contribution in [-0.2, 0) is 15.0 Å². The first-order valence-corrected chi connectivity index (χ1v) is 13.2. The predicted octanol–water partition coefficient (Wildman–Crippen LogP) is 5.52. The van der Waals surface area contributed by atoms with Gasteiger partial charge in [-0.1, -0.05) is 39.8 Å². The Morgan fingerprint density at radius 3 is 2.26 bits per heavy atom. The van der Waals surface area contributed by atoms with E-state index in [9.17, 15) is 9.59 Å². The first-order chi connectivity index (χ1) is 15.9. The van der Waals surface area contributed by atoms with Gasteiger partial charge in [0.2, 0.25) is 11.8 Å². The van der Waals surface area contributed by atoms with E-state index >= 15 is 0 Å². The lowest BCUT2D eigenvalue weighted by Gasteiger charge is -2.55. The van der Waals surface area contributed by atoms with Crippen LogP contribution in [0.1, 0.15) is 96.6 Å². The fourth-order valence-electron chi connectivity index (χ4n) is 6.58. The van der Waals surface area contributed by atoms with Crippen LogP contribution >= 0.6 is 0 Å². The van der Waals surface area contributed by atoms with Gasteiger partial charge in [0, 0.05) is 38.0 Å². The van der Waals surface area contributed by atoms with Gasteiger partial charge in [0.1, 0.15) is 5.75 Å². The summed E-state index contributed by atoms with van der Waals surface area (Å²) in [7, 11) is 3.66. The number of piperidine rings is 1. The molecule has 1 aromatic rings. The van der Waals surface area contributed by atoms with E-state index in [1.807, 2.05) is 18.9 Å². The maximum Gasteiger partial charge on any atom is 0.225 e. The van der Waals surface area contributed by atoms with Crippen LogP contribution < -0.4 is 4.74 Å². The molecule has 0 atom stereocenters. The number of hydrogen-bond acceptors (Lipinski definition) is 3. The van der Waals surface area contributed by atoms with E-state index in [1.54, 1.807) is 7.11 Å². The van der Waals surface area contributed by atoms with E-state index in [2.05, 4.69) is 50.8 Å². The molecule has 2 saturated carbocycles. The summed E-state index contributed by atoms with van der Waals surface area (Å²) < 4.78 is 5.72. The van der Waals surface area contributed by atoms with Gasteiger partial charge < -0.3 is 14.5 Å². The Labute approximate surface area is 206 Å². The number of methoxy groups -OCH3 is 1. The van der Waals surface area contributed by atoms with Gasteiger partial charge in [0.05, 0.1) is 7.11 Å². The number of hydrogen-bond donors (Lipinski definition) is 0. The third-order valence-electron chi connectivity index (χ3n) is 9.24. The Kier molecular flexibility index (Phi) is 6.54. The molecular formula is C29H44N2O3. The van der Waals surface area contributed by atoms with Crippen LogP contribution in [0.5, 0.6) is 5.75 Å². The molecule has 0 radical (unpaired) electrons. The molecule has 3 fully saturated rings. The molecule has 5 nitrogen and oxygen atoms in total. The molecule has 1 aromatic carbocycles. The largest absolute Gasteiger partial charge is 0.496 e. The third kappa shape index (κ3) is 4.47. The Bertz CT molecular complexity index is 925. The Hall–Kier alpha value is -2.04. The van der Waals surface area contributed by atoms with Crippen LogP contribution in [0.25, 0.3) is 0 Å². The fourth-order valence-corrected chi connectivity index (χ4v) is 6.58. The predicted molar refractivity (Wildman–Crippen MR) is 136 cm³/mol. The van der Waals surface area contributed by atoms with Crippen LogP contribution in [0.15, 0.2) is 18.2 Å². The molecule has 1 saturated heterocycles. The zero-order valence-electron chi connectivity index (χ0n) is 22.4. The zero-order chi connectivity index (χ0) is 24.9. The van der Waals surface area contributed by atoms with E-state index < -0.39 is 0 Å². The summed E-state index contributed by atoms with van der Waals surface area (Å²) in [6.07, 6.45) is 6.72. The number of rotatable bonds is 5. The second-order valence-corrected chi connectivity index (χ2v) is 12.5. The third-order valence-corrected chi connectivity index (χ3v) is 9.24. The second kappa shape index (κ2) is 8.87. The summed E-state index contributed by atoms with van der Waals surface area (Å²) in [5.74, 6) is 2.11. The minimum atomic E-state index is -0.160. The quantitative estimate of drug-likeness (QED) is 0.572. The van der Waals surface area contributed by atoms with Crippen LogP contribution in [0, 0.1) is 11.3 Å². The van der Waals surface area contributed by atoms with Gasteiger partial charge in [-0.2, -0.15) is 0 Å². The summed E-state index contributed by atoms with van der Waals surface area (Å²) in [6.45, 7) is 12.6. The molecule has 0 unspecified atom stereocenters. The normalized spacial score (nSPS) is 26.6. The smallest absolute Gasteiger partial charge is 0.225 e. The van der Waals surface area contributed by atoms with E-state index in [0.29, 0.717) is 23.7 Å². The number of carbonyl (C=O) groups is 2. The monoisotopic (exact) mass is 468 g/mol. The van der Waals surface area contributed by atoms with Gasteiger partial charge in [0.25, 0.3) is 0 Å². The number of nitrogens with zero attached hydrogens (tertiary/aromatic N) is 2. The molecule has 0 bridgehead atoms. The number of carbonyl (C=O) groups excluding carboxylic acids is 2. The molecule has 0 aromatic heterocycles.